The lowest BCUT2D eigenvalue weighted by Gasteiger charge is -2.09. The van der Waals surface area contributed by atoms with Crippen LogP contribution in [0.15, 0.2) is 77.3 Å². The van der Waals surface area contributed by atoms with Crippen molar-refractivity contribution in [2.45, 2.75) is 6.61 Å². The van der Waals surface area contributed by atoms with Crippen molar-refractivity contribution in [1.82, 2.24) is 0 Å². The Hall–Kier alpha value is -2.86. The lowest BCUT2D eigenvalue weighted by Crippen LogP contribution is -1.95. The Morgan fingerprint density at radius 2 is 1.60 bits per heavy atom. The van der Waals surface area contributed by atoms with Crippen molar-refractivity contribution in [3.05, 3.63) is 92.9 Å². The highest BCUT2D eigenvalue weighted by Gasteiger charge is 2.16. The molecule has 0 unspecified atom stereocenters. The van der Waals surface area contributed by atoms with Crippen LogP contribution in [0.2, 0.25) is 0 Å². The van der Waals surface area contributed by atoms with Crippen molar-refractivity contribution in [3.8, 4) is 17.2 Å². The minimum Gasteiger partial charge on any atom is -0.489 e. The van der Waals surface area contributed by atoms with E-state index in [9.17, 15) is 10.1 Å². The summed E-state index contributed by atoms with van der Waals surface area (Å²) in [5, 5.41) is 11.1. The summed E-state index contributed by atoms with van der Waals surface area (Å²) < 4.78 is 12.0. The molecule has 0 saturated carbocycles. The van der Waals surface area contributed by atoms with Crippen molar-refractivity contribution in [2.24, 2.45) is 0 Å². The van der Waals surface area contributed by atoms with Gasteiger partial charge < -0.3 is 9.47 Å². The Labute approximate surface area is 153 Å². The van der Waals surface area contributed by atoms with Crippen molar-refractivity contribution >= 4 is 21.6 Å². The van der Waals surface area contributed by atoms with Crippen LogP contribution in [-0.2, 0) is 6.61 Å². The highest BCUT2D eigenvalue weighted by molar-refractivity contribution is 9.10. The summed E-state index contributed by atoms with van der Waals surface area (Å²) in [4.78, 5) is 10.6. The van der Waals surface area contributed by atoms with E-state index >= 15 is 0 Å². The molecular weight excluding hydrogens is 386 g/mol. The second-order valence-electron chi connectivity index (χ2n) is 5.22. The van der Waals surface area contributed by atoms with E-state index in [1.807, 2.05) is 30.3 Å². The smallest absolute Gasteiger partial charge is 0.312 e. The molecule has 0 atom stereocenters. The number of nitro benzene ring substituents is 1. The summed E-state index contributed by atoms with van der Waals surface area (Å²) in [6.45, 7) is 0.471. The SMILES string of the molecule is O=[N+]([O-])c1cc(Br)ccc1Oc1ccc(OCc2ccccc2)cc1. The average Bonchev–Trinajstić information content (AvgIpc) is 2.63. The fourth-order valence-electron chi connectivity index (χ4n) is 2.19. The number of nitrogens with zero attached hydrogens (tertiary/aromatic N) is 1. The van der Waals surface area contributed by atoms with Crippen LogP contribution in [0.4, 0.5) is 5.69 Å². The quantitative estimate of drug-likeness (QED) is 0.392. The standard InChI is InChI=1S/C19H14BrNO4/c20-15-6-11-19(18(12-15)21(22)23)25-17-9-7-16(8-10-17)24-13-14-4-2-1-3-5-14/h1-12H,13H2. The molecule has 0 aromatic heterocycles. The summed E-state index contributed by atoms with van der Waals surface area (Å²) in [5.74, 6) is 1.38. The molecule has 3 aromatic carbocycles. The van der Waals surface area contributed by atoms with Gasteiger partial charge in [-0.15, -0.1) is 0 Å². The molecule has 0 aliphatic carbocycles. The van der Waals surface area contributed by atoms with Crippen LogP contribution in [0.5, 0.6) is 17.2 Å². The third kappa shape index (κ3) is 4.58. The van der Waals surface area contributed by atoms with Crippen LogP contribution in [0, 0.1) is 10.1 Å². The summed E-state index contributed by atoms with van der Waals surface area (Å²) in [5.41, 5.74) is 0.979. The maximum atomic E-state index is 11.1. The minimum absolute atomic E-state index is 0.0984. The Kier molecular flexibility index (Phi) is 5.30. The zero-order valence-corrected chi connectivity index (χ0v) is 14.7. The van der Waals surface area contributed by atoms with E-state index in [4.69, 9.17) is 9.47 Å². The summed E-state index contributed by atoms with van der Waals surface area (Å²) >= 11 is 3.22. The normalized spacial score (nSPS) is 10.3. The zero-order chi connectivity index (χ0) is 17.6. The molecule has 0 spiro atoms. The van der Waals surface area contributed by atoms with Gasteiger partial charge in [-0.2, -0.15) is 0 Å². The van der Waals surface area contributed by atoms with Crippen LogP contribution in [0.25, 0.3) is 0 Å². The largest absolute Gasteiger partial charge is 0.489 e. The van der Waals surface area contributed by atoms with E-state index < -0.39 is 4.92 Å². The van der Waals surface area contributed by atoms with Gasteiger partial charge in [0.25, 0.3) is 0 Å². The lowest BCUT2D eigenvalue weighted by atomic mass is 10.2. The summed E-state index contributed by atoms with van der Waals surface area (Å²) in [6.07, 6.45) is 0. The zero-order valence-electron chi connectivity index (χ0n) is 13.1. The van der Waals surface area contributed by atoms with Gasteiger partial charge in [0.15, 0.2) is 0 Å². The first-order chi connectivity index (χ1) is 12.1. The predicted octanol–water partition coefficient (Wildman–Crippen LogP) is 5.73. The van der Waals surface area contributed by atoms with Gasteiger partial charge in [-0.1, -0.05) is 46.3 Å². The maximum Gasteiger partial charge on any atom is 0.312 e. The number of halogens is 1. The first kappa shape index (κ1) is 17.0. The van der Waals surface area contributed by atoms with Gasteiger partial charge in [0.05, 0.1) is 4.92 Å². The third-order valence-electron chi connectivity index (χ3n) is 3.42. The van der Waals surface area contributed by atoms with Crippen LogP contribution >= 0.6 is 15.9 Å². The van der Waals surface area contributed by atoms with E-state index in [-0.39, 0.29) is 11.4 Å². The molecule has 6 heteroatoms. The molecule has 0 aliphatic heterocycles. The van der Waals surface area contributed by atoms with Gasteiger partial charge in [-0.3, -0.25) is 10.1 Å². The molecular formula is C19H14BrNO4. The number of hydrogen-bond donors (Lipinski definition) is 0. The third-order valence-corrected chi connectivity index (χ3v) is 3.91. The molecule has 0 heterocycles. The Morgan fingerprint density at radius 3 is 2.28 bits per heavy atom. The second-order valence-corrected chi connectivity index (χ2v) is 6.13. The molecule has 126 valence electrons. The molecule has 25 heavy (non-hydrogen) atoms. The van der Waals surface area contributed by atoms with Gasteiger partial charge in [-0.05, 0) is 42.0 Å². The molecule has 0 radical (unpaired) electrons. The molecule has 0 bridgehead atoms. The molecule has 3 rings (SSSR count). The highest BCUT2D eigenvalue weighted by atomic mass is 79.9. The lowest BCUT2D eigenvalue weighted by molar-refractivity contribution is -0.385. The number of hydrogen-bond acceptors (Lipinski definition) is 4. The molecule has 5 nitrogen and oxygen atoms in total. The molecule has 0 saturated heterocycles. The second kappa shape index (κ2) is 7.81. The van der Waals surface area contributed by atoms with Crippen LogP contribution < -0.4 is 9.47 Å². The number of benzene rings is 3. The molecule has 3 aromatic rings. The van der Waals surface area contributed by atoms with Crippen LogP contribution in [0.1, 0.15) is 5.56 Å². The van der Waals surface area contributed by atoms with Crippen LogP contribution in [0.3, 0.4) is 0 Å². The topological polar surface area (TPSA) is 61.6 Å². The van der Waals surface area contributed by atoms with Crippen LogP contribution in [-0.4, -0.2) is 4.92 Å². The Balaban J connectivity index is 1.68. The average molecular weight is 400 g/mol. The summed E-state index contributed by atoms with van der Waals surface area (Å²) in [6, 6.07) is 21.5. The van der Waals surface area contributed by atoms with E-state index in [1.165, 1.54) is 6.07 Å². The monoisotopic (exact) mass is 399 g/mol. The van der Waals surface area contributed by atoms with Gasteiger partial charge in [-0.25, -0.2) is 0 Å². The molecule has 0 N–H and O–H groups in total. The fraction of sp³-hybridized carbons (Fsp3) is 0.0526. The molecule has 0 fully saturated rings. The van der Waals surface area contributed by atoms with E-state index in [0.29, 0.717) is 22.6 Å². The van der Waals surface area contributed by atoms with Gasteiger partial charge in [0, 0.05) is 10.5 Å². The number of nitro groups is 1. The molecule has 0 aliphatic rings. The van der Waals surface area contributed by atoms with Gasteiger partial charge in [0.1, 0.15) is 18.1 Å². The van der Waals surface area contributed by atoms with Crippen molar-refractivity contribution in [1.29, 1.82) is 0 Å². The van der Waals surface area contributed by atoms with Crippen molar-refractivity contribution in [2.75, 3.05) is 0 Å². The first-order valence-corrected chi connectivity index (χ1v) is 8.30. The highest BCUT2D eigenvalue weighted by Crippen LogP contribution is 2.34. The summed E-state index contributed by atoms with van der Waals surface area (Å²) in [7, 11) is 0. The van der Waals surface area contributed by atoms with E-state index in [0.717, 1.165) is 5.56 Å². The van der Waals surface area contributed by atoms with E-state index in [2.05, 4.69) is 15.9 Å². The number of ether oxygens (including phenoxy) is 2. The van der Waals surface area contributed by atoms with Crippen molar-refractivity contribution in [3.63, 3.8) is 0 Å². The fourth-order valence-corrected chi connectivity index (χ4v) is 2.54. The van der Waals surface area contributed by atoms with Gasteiger partial charge >= 0.3 is 5.69 Å². The maximum absolute atomic E-state index is 11.1. The minimum atomic E-state index is -0.475. The Morgan fingerprint density at radius 1 is 0.920 bits per heavy atom. The van der Waals surface area contributed by atoms with Crippen molar-refractivity contribution < 1.29 is 14.4 Å². The predicted molar refractivity (Wildman–Crippen MR) is 98.1 cm³/mol. The molecule has 0 amide bonds. The van der Waals surface area contributed by atoms with Gasteiger partial charge in [0.2, 0.25) is 5.75 Å². The number of rotatable bonds is 6. The van der Waals surface area contributed by atoms with E-state index in [1.54, 1.807) is 36.4 Å². The Bertz CT molecular complexity index is 866. The first-order valence-electron chi connectivity index (χ1n) is 7.50.